The minimum Gasteiger partial charge on any atom is -0.494 e. The molecule has 2 fully saturated rings. The second kappa shape index (κ2) is 10.5. The summed E-state index contributed by atoms with van der Waals surface area (Å²) >= 11 is 0. The molecular formula is C24H36FN7O. The number of methoxy groups -OCH3 is 1. The van der Waals surface area contributed by atoms with E-state index in [-0.39, 0.29) is 17.7 Å². The lowest BCUT2D eigenvalue weighted by Crippen LogP contribution is -2.43. The summed E-state index contributed by atoms with van der Waals surface area (Å²) in [6.07, 6.45) is 8.77. The van der Waals surface area contributed by atoms with Crippen molar-refractivity contribution in [3.63, 3.8) is 0 Å². The summed E-state index contributed by atoms with van der Waals surface area (Å²) in [5, 5.41) is 0. The van der Waals surface area contributed by atoms with Crippen LogP contribution in [0.5, 0.6) is 5.75 Å². The fourth-order valence-corrected chi connectivity index (χ4v) is 4.99. The quantitative estimate of drug-likeness (QED) is 0.652. The molecule has 9 heteroatoms. The van der Waals surface area contributed by atoms with Crippen molar-refractivity contribution < 1.29 is 9.13 Å². The van der Waals surface area contributed by atoms with E-state index in [0.717, 1.165) is 51.6 Å². The van der Waals surface area contributed by atoms with E-state index < -0.39 is 5.82 Å². The molecule has 1 aliphatic heterocycles. The number of nitrogen functional groups attached to an aromatic ring is 1. The number of hydrogen-bond acceptors (Lipinski definition) is 8. The van der Waals surface area contributed by atoms with E-state index in [9.17, 15) is 4.39 Å². The maximum Gasteiger partial charge on any atom is 0.236 e. The minimum absolute atomic E-state index is 0.170. The van der Waals surface area contributed by atoms with E-state index in [1.165, 1.54) is 26.0 Å². The lowest BCUT2D eigenvalue weighted by atomic mass is 10.0. The van der Waals surface area contributed by atoms with Gasteiger partial charge < -0.3 is 25.2 Å². The molecule has 0 spiro atoms. The maximum atomic E-state index is 14.7. The molecule has 0 amide bonds. The largest absolute Gasteiger partial charge is 0.494 e. The van der Waals surface area contributed by atoms with Gasteiger partial charge in [-0.2, -0.15) is 15.0 Å². The molecule has 0 radical (unpaired) electrons. The second-order valence-electron chi connectivity index (χ2n) is 9.27. The van der Waals surface area contributed by atoms with Gasteiger partial charge in [0.05, 0.1) is 7.11 Å². The predicted molar refractivity (Wildman–Crippen MR) is 130 cm³/mol. The molecule has 180 valence electrons. The summed E-state index contributed by atoms with van der Waals surface area (Å²) in [5.74, 6) is 1.05. The van der Waals surface area contributed by atoms with Crippen LogP contribution >= 0.6 is 0 Å². The van der Waals surface area contributed by atoms with Crippen molar-refractivity contribution >= 4 is 23.5 Å². The molecule has 2 N–H and O–H groups in total. The van der Waals surface area contributed by atoms with Crippen molar-refractivity contribution in [3.05, 3.63) is 24.0 Å². The van der Waals surface area contributed by atoms with E-state index in [2.05, 4.69) is 31.7 Å². The van der Waals surface area contributed by atoms with Crippen molar-refractivity contribution in [2.75, 3.05) is 49.8 Å². The number of benzene rings is 1. The molecule has 1 saturated heterocycles. The van der Waals surface area contributed by atoms with Crippen LogP contribution in [-0.2, 0) is 0 Å². The zero-order valence-electron chi connectivity index (χ0n) is 20.0. The molecule has 1 aromatic heterocycles. The van der Waals surface area contributed by atoms with Crippen LogP contribution in [0.4, 0.5) is 27.9 Å². The Morgan fingerprint density at radius 3 is 2.27 bits per heavy atom. The zero-order valence-corrected chi connectivity index (χ0v) is 20.0. The Kier molecular flexibility index (Phi) is 7.47. The number of hydrogen-bond donors (Lipinski definition) is 1. The molecule has 33 heavy (non-hydrogen) atoms. The van der Waals surface area contributed by atoms with Gasteiger partial charge in [-0.05, 0) is 58.0 Å². The number of piperidine rings is 1. The van der Waals surface area contributed by atoms with Crippen LogP contribution in [0.15, 0.2) is 18.2 Å². The molecule has 2 heterocycles. The molecule has 1 aromatic carbocycles. The Bertz CT molecular complexity index is 927. The van der Waals surface area contributed by atoms with Crippen LogP contribution in [0.1, 0.15) is 51.4 Å². The molecular weight excluding hydrogens is 421 g/mol. The Labute approximate surface area is 196 Å². The topological polar surface area (TPSA) is 83.6 Å². The van der Waals surface area contributed by atoms with E-state index in [1.54, 1.807) is 6.07 Å². The Hall–Kier alpha value is -2.68. The number of nitrogens with zero attached hydrogens (tertiary/aromatic N) is 6. The number of anilines is 4. The van der Waals surface area contributed by atoms with Crippen LogP contribution in [0.2, 0.25) is 0 Å². The fraction of sp³-hybridized carbons (Fsp3) is 0.625. The normalized spacial score (nSPS) is 18.7. The SMILES string of the molecule is COc1ccc(N(c2nc(N)nc(N(C)C3CCN(C)CC3)n2)C2CCCCCC2)cc1F. The fourth-order valence-electron chi connectivity index (χ4n) is 4.99. The van der Waals surface area contributed by atoms with Crippen LogP contribution in [0.25, 0.3) is 0 Å². The van der Waals surface area contributed by atoms with Gasteiger partial charge in [0.2, 0.25) is 17.8 Å². The summed E-state index contributed by atoms with van der Waals surface area (Å²) in [6, 6.07) is 5.55. The number of nitrogens with two attached hydrogens (primary N) is 1. The molecule has 1 saturated carbocycles. The minimum atomic E-state index is -0.403. The molecule has 8 nitrogen and oxygen atoms in total. The van der Waals surface area contributed by atoms with Crippen molar-refractivity contribution in [2.45, 2.75) is 63.5 Å². The van der Waals surface area contributed by atoms with Crippen LogP contribution in [-0.4, -0.2) is 66.2 Å². The number of aromatic nitrogens is 3. The number of halogens is 1. The summed E-state index contributed by atoms with van der Waals surface area (Å²) in [6.45, 7) is 2.09. The van der Waals surface area contributed by atoms with E-state index in [4.69, 9.17) is 15.5 Å². The Morgan fingerprint density at radius 1 is 0.970 bits per heavy atom. The molecule has 4 rings (SSSR count). The van der Waals surface area contributed by atoms with Gasteiger partial charge in [-0.25, -0.2) is 4.39 Å². The number of likely N-dealkylation sites (tertiary alicyclic amines) is 1. The lowest BCUT2D eigenvalue weighted by molar-refractivity contribution is 0.252. The predicted octanol–water partition coefficient (Wildman–Crippen LogP) is 3.99. The van der Waals surface area contributed by atoms with Gasteiger partial charge in [-0.1, -0.05) is 25.7 Å². The summed E-state index contributed by atoms with van der Waals surface area (Å²) in [5.41, 5.74) is 6.89. The zero-order chi connectivity index (χ0) is 23.4. The van der Waals surface area contributed by atoms with Crippen molar-refractivity contribution in [3.8, 4) is 5.75 Å². The van der Waals surface area contributed by atoms with E-state index in [1.807, 2.05) is 13.1 Å². The van der Waals surface area contributed by atoms with Gasteiger partial charge in [0.25, 0.3) is 0 Å². The van der Waals surface area contributed by atoms with Gasteiger partial charge in [-0.15, -0.1) is 0 Å². The molecule has 0 atom stereocenters. The third kappa shape index (κ3) is 5.46. The van der Waals surface area contributed by atoms with E-state index in [0.29, 0.717) is 23.6 Å². The Balaban J connectivity index is 1.71. The summed E-state index contributed by atoms with van der Waals surface area (Å²) in [7, 11) is 5.64. The summed E-state index contributed by atoms with van der Waals surface area (Å²) in [4.78, 5) is 20.4. The van der Waals surface area contributed by atoms with Crippen LogP contribution < -0.4 is 20.3 Å². The highest BCUT2D eigenvalue weighted by Gasteiger charge is 2.28. The van der Waals surface area contributed by atoms with Crippen molar-refractivity contribution in [1.82, 2.24) is 19.9 Å². The Morgan fingerprint density at radius 2 is 1.64 bits per heavy atom. The van der Waals surface area contributed by atoms with Gasteiger partial charge in [0, 0.05) is 30.9 Å². The monoisotopic (exact) mass is 457 g/mol. The second-order valence-corrected chi connectivity index (χ2v) is 9.27. The van der Waals surface area contributed by atoms with Crippen molar-refractivity contribution in [2.24, 2.45) is 0 Å². The molecule has 1 aliphatic carbocycles. The van der Waals surface area contributed by atoms with Gasteiger partial charge in [0.15, 0.2) is 11.6 Å². The molecule has 0 bridgehead atoms. The number of ether oxygens (including phenoxy) is 1. The molecule has 2 aromatic rings. The lowest BCUT2D eigenvalue weighted by Gasteiger charge is -2.36. The third-order valence-electron chi connectivity index (χ3n) is 7.00. The first-order chi connectivity index (χ1) is 16.0. The smallest absolute Gasteiger partial charge is 0.236 e. The highest BCUT2D eigenvalue weighted by molar-refractivity contribution is 5.61. The highest BCUT2D eigenvalue weighted by Crippen LogP contribution is 2.35. The average Bonchev–Trinajstić information content (AvgIpc) is 3.08. The molecule has 0 unspecified atom stereocenters. The van der Waals surface area contributed by atoms with E-state index >= 15 is 0 Å². The molecule has 2 aliphatic rings. The van der Waals surface area contributed by atoms with Crippen molar-refractivity contribution in [1.29, 1.82) is 0 Å². The van der Waals surface area contributed by atoms with Gasteiger partial charge in [0.1, 0.15) is 0 Å². The first-order valence-corrected chi connectivity index (χ1v) is 12.0. The van der Waals surface area contributed by atoms with Crippen LogP contribution in [0, 0.1) is 5.82 Å². The highest BCUT2D eigenvalue weighted by atomic mass is 19.1. The third-order valence-corrected chi connectivity index (χ3v) is 7.00. The standard InChI is InChI=1S/C24H36FN7O/c1-30-14-12-17(13-15-30)31(2)23-27-22(26)28-24(29-23)32(18-8-6-4-5-7-9-18)19-10-11-21(33-3)20(25)16-19/h10-11,16-18H,4-9,12-15H2,1-3H3,(H2,26,27,28,29). The number of rotatable bonds is 6. The van der Waals surface area contributed by atoms with Gasteiger partial charge in [-0.3, -0.25) is 0 Å². The summed E-state index contributed by atoms with van der Waals surface area (Å²) < 4.78 is 19.8. The maximum absolute atomic E-state index is 14.7. The average molecular weight is 458 g/mol. The first-order valence-electron chi connectivity index (χ1n) is 12.0. The first kappa shape index (κ1) is 23.5. The van der Waals surface area contributed by atoms with Gasteiger partial charge >= 0.3 is 0 Å². The van der Waals surface area contributed by atoms with Crippen LogP contribution in [0.3, 0.4) is 0 Å².